The summed E-state index contributed by atoms with van der Waals surface area (Å²) in [5.74, 6) is -0.281. The van der Waals surface area contributed by atoms with Crippen LogP contribution in [-0.4, -0.2) is 15.4 Å². The molecule has 0 fully saturated rings. The second-order valence-corrected chi connectivity index (χ2v) is 6.12. The summed E-state index contributed by atoms with van der Waals surface area (Å²) in [6.07, 6.45) is 0. The molecule has 0 saturated heterocycles. The van der Waals surface area contributed by atoms with Gasteiger partial charge in [0.05, 0.1) is 11.3 Å². The number of thioether (sulfide) groups is 1. The Hall–Kier alpha value is -2.45. The zero-order valence-corrected chi connectivity index (χ0v) is 12.6. The largest absolute Gasteiger partial charge is 0.207 e. The third-order valence-corrected chi connectivity index (χ3v) is 4.23. The predicted octanol–water partition coefficient (Wildman–Crippen LogP) is 4.44. The summed E-state index contributed by atoms with van der Waals surface area (Å²) >= 11 is 1.38. The minimum absolute atomic E-state index is 0.200. The van der Waals surface area contributed by atoms with Gasteiger partial charge in [-0.25, -0.2) is 4.39 Å². The fourth-order valence-electron chi connectivity index (χ4n) is 2.18. The van der Waals surface area contributed by atoms with E-state index < -0.39 is 0 Å². The van der Waals surface area contributed by atoms with E-state index in [1.165, 1.54) is 23.9 Å². The third-order valence-electron chi connectivity index (χ3n) is 3.24. The van der Waals surface area contributed by atoms with Gasteiger partial charge in [0.15, 0.2) is 0 Å². The normalized spacial score (nSPS) is 12.0. The maximum absolute atomic E-state index is 13.1. The number of fused-ring (bicyclic) bond motifs is 1. The van der Waals surface area contributed by atoms with Crippen molar-refractivity contribution >= 4 is 22.5 Å². The van der Waals surface area contributed by atoms with Gasteiger partial charge < -0.3 is 0 Å². The third kappa shape index (κ3) is 2.78. The second kappa shape index (κ2) is 6.12. The molecular weight excluding hydrogens is 297 g/mol. The van der Waals surface area contributed by atoms with Crippen LogP contribution in [0.4, 0.5) is 4.39 Å². The molecule has 0 aliphatic heterocycles. The fourth-order valence-corrected chi connectivity index (χ4v) is 2.96. The van der Waals surface area contributed by atoms with Gasteiger partial charge in [-0.2, -0.15) is 5.26 Å². The summed E-state index contributed by atoms with van der Waals surface area (Å²) in [6.45, 7) is 1.83. The molecule has 0 aliphatic carbocycles. The monoisotopic (exact) mass is 309 g/mol. The number of halogens is 1. The standard InChI is InChI=1S/C17H12FN3S/c1-11(10-19)22-17-15-5-3-2-4-14(15)16(20-21-17)12-6-8-13(18)9-7-12/h2-9,11H,1H3/t11-/m1/s1. The van der Waals surface area contributed by atoms with Crippen LogP contribution in [0.15, 0.2) is 53.6 Å². The molecule has 2 aromatic carbocycles. The molecule has 22 heavy (non-hydrogen) atoms. The first-order chi connectivity index (χ1) is 10.7. The number of nitrogens with zero attached hydrogens (tertiary/aromatic N) is 3. The van der Waals surface area contributed by atoms with Crippen LogP contribution in [0.5, 0.6) is 0 Å². The molecule has 0 bridgehead atoms. The Morgan fingerprint density at radius 1 is 1.05 bits per heavy atom. The van der Waals surface area contributed by atoms with E-state index in [4.69, 9.17) is 5.26 Å². The lowest BCUT2D eigenvalue weighted by Crippen LogP contribution is -1.97. The van der Waals surface area contributed by atoms with Crippen molar-refractivity contribution < 1.29 is 4.39 Å². The summed E-state index contributed by atoms with van der Waals surface area (Å²) < 4.78 is 13.1. The molecule has 108 valence electrons. The SMILES string of the molecule is C[C@H](C#N)Sc1nnc(-c2ccc(F)cc2)c2ccccc12. The van der Waals surface area contributed by atoms with E-state index in [1.54, 1.807) is 12.1 Å². The average molecular weight is 309 g/mol. The molecule has 3 aromatic rings. The van der Waals surface area contributed by atoms with Crippen LogP contribution in [0.1, 0.15) is 6.92 Å². The Labute approximate surface area is 131 Å². The first-order valence-corrected chi connectivity index (χ1v) is 7.64. The summed E-state index contributed by atoms with van der Waals surface area (Å²) in [5.41, 5.74) is 1.53. The Balaban J connectivity index is 2.16. The number of aromatic nitrogens is 2. The van der Waals surface area contributed by atoms with Crippen molar-refractivity contribution in [2.24, 2.45) is 0 Å². The molecule has 0 amide bonds. The van der Waals surface area contributed by atoms with Crippen LogP contribution in [0.2, 0.25) is 0 Å². The highest BCUT2D eigenvalue weighted by Crippen LogP contribution is 2.33. The van der Waals surface area contributed by atoms with Crippen LogP contribution < -0.4 is 0 Å². The van der Waals surface area contributed by atoms with Crippen LogP contribution in [-0.2, 0) is 0 Å². The van der Waals surface area contributed by atoms with E-state index in [-0.39, 0.29) is 11.1 Å². The smallest absolute Gasteiger partial charge is 0.128 e. The van der Waals surface area contributed by atoms with Gasteiger partial charge in [-0.05, 0) is 31.2 Å². The average Bonchev–Trinajstić information content (AvgIpc) is 2.56. The minimum atomic E-state index is -0.281. The van der Waals surface area contributed by atoms with Crippen molar-refractivity contribution in [2.45, 2.75) is 17.2 Å². The Bertz CT molecular complexity index is 856. The Kier molecular flexibility index (Phi) is 4.03. The van der Waals surface area contributed by atoms with Gasteiger partial charge in [0.1, 0.15) is 16.5 Å². The summed E-state index contributed by atoms with van der Waals surface area (Å²) in [6, 6.07) is 16.2. The second-order valence-electron chi connectivity index (χ2n) is 4.80. The molecule has 5 heteroatoms. The van der Waals surface area contributed by atoms with E-state index in [2.05, 4.69) is 16.3 Å². The summed E-state index contributed by atoms with van der Waals surface area (Å²) in [5, 5.41) is 19.9. The number of nitriles is 1. The van der Waals surface area contributed by atoms with Gasteiger partial charge >= 0.3 is 0 Å². The highest BCUT2D eigenvalue weighted by Gasteiger charge is 2.13. The molecule has 1 aromatic heterocycles. The predicted molar refractivity (Wildman–Crippen MR) is 85.9 cm³/mol. The topological polar surface area (TPSA) is 49.6 Å². The first kappa shape index (κ1) is 14.5. The molecule has 3 nitrogen and oxygen atoms in total. The Morgan fingerprint density at radius 2 is 1.73 bits per heavy atom. The number of benzene rings is 2. The highest BCUT2D eigenvalue weighted by molar-refractivity contribution is 8.00. The quantitative estimate of drug-likeness (QED) is 0.671. The molecular formula is C17H12FN3S. The Morgan fingerprint density at radius 3 is 2.41 bits per heavy atom. The maximum atomic E-state index is 13.1. The molecule has 0 saturated carbocycles. The van der Waals surface area contributed by atoms with Gasteiger partial charge in [0.2, 0.25) is 0 Å². The molecule has 1 atom stereocenters. The van der Waals surface area contributed by atoms with E-state index in [9.17, 15) is 4.39 Å². The summed E-state index contributed by atoms with van der Waals surface area (Å²) in [4.78, 5) is 0. The molecule has 3 rings (SSSR count). The van der Waals surface area contributed by atoms with Crippen LogP contribution in [0.25, 0.3) is 22.0 Å². The van der Waals surface area contributed by atoms with Crippen molar-refractivity contribution in [1.29, 1.82) is 5.26 Å². The minimum Gasteiger partial charge on any atom is -0.207 e. The number of hydrogen-bond acceptors (Lipinski definition) is 4. The molecule has 0 spiro atoms. The van der Waals surface area contributed by atoms with Gasteiger partial charge in [0.25, 0.3) is 0 Å². The molecule has 0 radical (unpaired) electrons. The van der Waals surface area contributed by atoms with Crippen molar-refractivity contribution in [3.8, 4) is 17.3 Å². The van der Waals surface area contributed by atoms with Gasteiger partial charge in [-0.15, -0.1) is 10.2 Å². The van der Waals surface area contributed by atoms with Crippen LogP contribution >= 0.6 is 11.8 Å². The lowest BCUT2D eigenvalue weighted by atomic mass is 10.1. The van der Waals surface area contributed by atoms with E-state index in [0.717, 1.165) is 21.4 Å². The zero-order chi connectivity index (χ0) is 15.5. The maximum Gasteiger partial charge on any atom is 0.128 e. The van der Waals surface area contributed by atoms with E-state index in [0.29, 0.717) is 5.69 Å². The molecule has 0 aliphatic rings. The molecule has 0 N–H and O–H groups in total. The summed E-state index contributed by atoms with van der Waals surface area (Å²) in [7, 11) is 0. The zero-order valence-electron chi connectivity index (χ0n) is 11.8. The lowest BCUT2D eigenvalue weighted by Gasteiger charge is -2.09. The number of hydrogen-bond donors (Lipinski definition) is 0. The fraction of sp³-hybridized carbons (Fsp3) is 0.118. The number of rotatable bonds is 3. The first-order valence-electron chi connectivity index (χ1n) is 6.76. The van der Waals surface area contributed by atoms with Crippen LogP contribution in [0.3, 0.4) is 0 Å². The highest BCUT2D eigenvalue weighted by atomic mass is 32.2. The van der Waals surface area contributed by atoms with Crippen molar-refractivity contribution in [2.75, 3.05) is 0 Å². The van der Waals surface area contributed by atoms with Gasteiger partial charge in [0, 0.05) is 16.3 Å². The molecule has 0 unspecified atom stereocenters. The van der Waals surface area contributed by atoms with Crippen molar-refractivity contribution in [1.82, 2.24) is 10.2 Å². The molecule has 1 heterocycles. The van der Waals surface area contributed by atoms with Crippen molar-refractivity contribution in [3.05, 3.63) is 54.3 Å². The van der Waals surface area contributed by atoms with Gasteiger partial charge in [-0.1, -0.05) is 36.0 Å². The lowest BCUT2D eigenvalue weighted by molar-refractivity contribution is 0.628. The van der Waals surface area contributed by atoms with E-state index in [1.807, 2.05) is 31.2 Å². The van der Waals surface area contributed by atoms with Crippen LogP contribution in [0, 0.1) is 17.1 Å². The van der Waals surface area contributed by atoms with Crippen molar-refractivity contribution in [3.63, 3.8) is 0 Å². The van der Waals surface area contributed by atoms with Gasteiger partial charge in [-0.3, -0.25) is 0 Å². The van der Waals surface area contributed by atoms with E-state index >= 15 is 0 Å².